The van der Waals surface area contributed by atoms with Gasteiger partial charge in [-0.25, -0.2) is 0 Å². The molecule has 0 aromatic carbocycles. The van der Waals surface area contributed by atoms with E-state index >= 15 is 0 Å². The highest BCUT2D eigenvalue weighted by molar-refractivity contribution is 5.69. The first kappa shape index (κ1) is 14.5. The summed E-state index contributed by atoms with van der Waals surface area (Å²) < 4.78 is 4.66. The van der Waals surface area contributed by atoms with Crippen molar-refractivity contribution < 1.29 is 9.53 Å². The number of ether oxygens (including phenoxy) is 1. The lowest BCUT2D eigenvalue weighted by Crippen LogP contribution is -2.38. The maximum Gasteiger partial charge on any atom is 0.305 e. The van der Waals surface area contributed by atoms with Gasteiger partial charge in [-0.3, -0.25) is 4.79 Å². The van der Waals surface area contributed by atoms with Gasteiger partial charge >= 0.3 is 5.97 Å². The molecule has 1 atom stereocenters. The Labute approximate surface area is 105 Å². The Morgan fingerprint density at radius 2 is 2.29 bits per heavy atom. The number of carbonyl (C=O) groups is 1. The van der Waals surface area contributed by atoms with E-state index in [9.17, 15) is 4.79 Å². The van der Waals surface area contributed by atoms with Crippen LogP contribution >= 0.6 is 0 Å². The molecule has 1 fully saturated rings. The number of nitrogens with zero attached hydrogens (tertiary/aromatic N) is 1. The molecule has 1 heterocycles. The van der Waals surface area contributed by atoms with E-state index in [1.54, 1.807) is 0 Å². The number of hydrogen-bond donors (Lipinski definition) is 1. The minimum absolute atomic E-state index is 0.0968. The molecule has 0 aliphatic carbocycles. The fourth-order valence-corrected chi connectivity index (χ4v) is 2.38. The molecule has 0 saturated carbocycles. The van der Waals surface area contributed by atoms with Gasteiger partial charge in [-0.05, 0) is 45.3 Å². The van der Waals surface area contributed by atoms with Crippen LogP contribution in [0.2, 0.25) is 0 Å². The topological polar surface area (TPSA) is 41.6 Å². The second-order valence-electron chi connectivity index (χ2n) is 4.77. The van der Waals surface area contributed by atoms with Crippen molar-refractivity contribution in [3.8, 4) is 0 Å². The predicted octanol–water partition coefficient (Wildman–Crippen LogP) is 1.40. The lowest BCUT2D eigenvalue weighted by Gasteiger charge is -2.25. The molecule has 100 valence electrons. The van der Waals surface area contributed by atoms with Crippen LogP contribution in [0.25, 0.3) is 0 Å². The van der Waals surface area contributed by atoms with Crippen molar-refractivity contribution >= 4 is 5.97 Å². The number of rotatable bonds is 8. The van der Waals surface area contributed by atoms with Crippen LogP contribution < -0.4 is 5.32 Å². The first-order valence-electron chi connectivity index (χ1n) is 6.78. The highest BCUT2D eigenvalue weighted by Gasteiger charge is 2.17. The Hall–Kier alpha value is -0.610. The van der Waals surface area contributed by atoms with Crippen molar-refractivity contribution in [3.05, 3.63) is 0 Å². The van der Waals surface area contributed by atoms with Gasteiger partial charge in [-0.1, -0.05) is 6.92 Å². The maximum atomic E-state index is 11.0. The van der Waals surface area contributed by atoms with E-state index in [-0.39, 0.29) is 5.97 Å². The summed E-state index contributed by atoms with van der Waals surface area (Å²) in [7, 11) is 1.45. The van der Waals surface area contributed by atoms with Crippen LogP contribution in [0, 0.1) is 0 Å². The first-order valence-corrected chi connectivity index (χ1v) is 6.78. The highest BCUT2D eigenvalue weighted by Crippen LogP contribution is 2.08. The van der Waals surface area contributed by atoms with E-state index < -0.39 is 0 Å². The lowest BCUT2D eigenvalue weighted by atomic mass is 10.2. The fourth-order valence-electron chi connectivity index (χ4n) is 2.38. The fraction of sp³-hybridized carbons (Fsp3) is 0.923. The Morgan fingerprint density at radius 3 is 2.88 bits per heavy atom. The molecule has 0 spiro atoms. The molecule has 1 unspecified atom stereocenters. The van der Waals surface area contributed by atoms with Crippen LogP contribution in [0.15, 0.2) is 0 Å². The molecular formula is C13H26N2O2. The summed E-state index contributed by atoms with van der Waals surface area (Å²) in [5.41, 5.74) is 0. The SMILES string of the molecule is CCCN(CCCC(=O)OC)CC1CCCN1. The summed E-state index contributed by atoms with van der Waals surface area (Å²) in [6.45, 7) is 6.61. The zero-order valence-corrected chi connectivity index (χ0v) is 11.2. The Bertz CT molecular complexity index is 215. The minimum Gasteiger partial charge on any atom is -0.469 e. The molecule has 0 aromatic heterocycles. The molecule has 0 aromatic rings. The van der Waals surface area contributed by atoms with Crippen molar-refractivity contribution in [1.29, 1.82) is 0 Å². The molecule has 0 amide bonds. The van der Waals surface area contributed by atoms with Crippen LogP contribution in [-0.4, -0.2) is 50.2 Å². The normalized spacial score (nSPS) is 19.8. The summed E-state index contributed by atoms with van der Waals surface area (Å²) >= 11 is 0. The van der Waals surface area contributed by atoms with Crippen LogP contribution in [-0.2, 0) is 9.53 Å². The summed E-state index contributed by atoms with van der Waals surface area (Å²) in [6.07, 6.45) is 5.20. The van der Waals surface area contributed by atoms with Gasteiger partial charge in [0.2, 0.25) is 0 Å². The molecule has 17 heavy (non-hydrogen) atoms. The molecule has 1 aliphatic rings. The summed E-state index contributed by atoms with van der Waals surface area (Å²) in [5, 5.41) is 3.52. The highest BCUT2D eigenvalue weighted by atomic mass is 16.5. The van der Waals surface area contributed by atoms with E-state index in [0.717, 1.165) is 32.6 Å². The third kappa shape index (κ3) is 6.03. The Morgan fingerprint density at radius 1 is 1.47 bits per heavy atom. The maximum absolute atomic E-state index is 11.0. The van der Waals surface area contributed by atoms with Gasteiger partial charge in [0, 0.05) is 19.0 Å². The van der Waals surface area contributed by atoms with Gasteiger partial charge < -0.3 is 15.0 Å². The minimum atomic E-state index is -0.0968. The molecule has 0 bridgehead atoms. The van der Waals surface area contributed by atoms with Gasteiger partial charge in [-0.2, -0.15) is 0 Å². The standard InChI is InChI=1S/C13H26N2O2/c1-3-9-15(10-5-7-13(16)17-2)11-12-6-4-8-14-12/h12,14H,3-11H2,1-2H3. The average Bonchev–Trinajstić information content (AvgIpc) is 2.81. The van der Waals surface area contributed by atoms with Crippen molar-refractivity contribution in [3.63, 3.8) is 0 Å². The second kappa shape index (κ2) is 8.48. The van der Waals surface area contributed by atoms with E-state index in [1.807, 2.05) is 0 Å². The summed E-state index contributed by atoms with van der Waals surface area (Å²) in [6, 6.07) is 0.652. The quantitative estimate of drug-likeness (QED) is 0.653. The van der Waals surface area contributed by atoms with Gasteiger partial charge in [0.05, 0.1) is 7.11 Å². The van der Waals surface area contributed by atoms with E-state index in [0.29, 0.717) is 12.5 Å². The lowest BCUT2D eigenvalue weighted by molar-refractivity contribution is -0.140. The van der Waals surface area contributed by atoms with Crippen LogP contribution in [0.3, 0.4) is 0 Å². The van der Waals surface area contributed by atoms with Crippen LogP contribution in [0.1, 0.15) is 39.0 Å². The molecule has 1 aliphatic heterocycles. The third-order valence-corrected chi connectivity index (χ3v) is 3.26. The molecule has 4 nitrogen and oxygen atoms in total. The van der Waals surface area contributed by atoms with Crippen molar-refractivity contribution in [2.24, 2.45) is 0 Å². The molecule has 1 rings (SSSR count). The van der Waals surface area contributed by atoms with Crippen molar-refractivity contribution in [2.75, 3.05) is 33.3 Å². The van der Waals surface area contributed by atoms with E-state index in [2.05, 4.69) is 21.9 Å². The summed E-state index contributed by atoms with van der Waals surface area (Å²) in [5.74, 6) is -0.0968. The number of esters is 1. The first-order chi connectivity index (χ1) is 8.26. The van der Waals surface area contributed by atoms with Gasteiger partial charge in [0.25, 0.3) is 0 Å². The zero-order chi connectivity index (χ0) is 12.5. The van der Waals surface area contributed by atoms with E-state index in [1.165, 1.54) is 26.4 Å². The Kier molecular flexibility index (Phi) is 7.21. The third-order valence-electron chi connectivity index (χ3n) is 3.26. The van der Waals surface area contributed by atoms with Crippen LogP contribution in [0.5, 0.6) is 0 Å². The number of methoxy groups -OCH3 is 1. The van der Waals surface area contributed by atoms with Crippen molar-refractivity contribution in [1.82, 2.24) is 10.2 Å². The number of carbonyl (C=O) groups excluding carboxylic acids is 1. The molecular weight excluding hydrogens is 216 g/mol. The second-order valence-corrected chi connectivity index (χ2v) is 4.77. The smallest absolute Gasteiger partial charge is 0.305 e. The average molecular weight is 242 g/mol. The van der Waals surface area contributed by atoms with E-state index in [4.69, 9.17) is 0 Å². The molecule has 0 radical (unpaired) electrons. The zero-order valence-electron chi connectivity index (χ0n) is 11.2. The number of nitrogens with one attached hydrogen (secondary N) is 1. The summed E-state index contributed by atoms with van der Waals surface area (Å²) in [4.78, 5) is 13.5. The van der Waals surface area contributed by atoms with Gasteiger partial charge in [0.1, 0.15) is 0 Å². The van der Waals surface area contributed by atoms with Gasteiger partial charge in [0.15, 0.2) is 0 Å². The van der Waals surface area contributed by atoms with Crippen LogP contribution in [0.4, 0.5) is 0 Å². The predicted molar refractivity (Wildman–Crippen MR) is 69.0 cm³/mol. The molecule has 1 N–H and O–H groups in total. The number of hydrogen-bond acceptors (Lipinski definition) is 4. The largest absolute Gasteiger partial charge is 0.469 e. The monoisotopic (exact) mass is 242 g/mol. The van der Waals surface area contributed by atoms with Crippen molar-refractivity contribution in [2.45, 2.75) is 45.1 Å². The molecule has 4 heteroatoms. The Balaban J connectivity index is 2.19. The molecule has 1 saturated heterocycles. The van der Waals surface area contributed by atoms with Gasteiger partial charge in [-0.15, -0.1) is 0 Å².